The minimum absolute atomic E-state index is 0.0391. The Bertz CT molecular complexity index is 118. The lowest BCUT2D eigenvalue weighted by atomic mass is 10.1. The van der Waals surface area contributed by atoms with Crippen LogP contribution >= 0.6 is 0 Å². The summed E-state index contributed by atoms with van der Waals surface area (Å²) in [5.74, 6) is -7.69. The van der Waals surface area contributed by atoms with Gasteiger partial charge in [-0.05, 0) is 0 Å². The predicted octanol–water partition coefficient (Wildman–Crippen LogP) is 1.25. The summed E-state index contributed by atoms with van der Waals surface area (Å²) in [4.78, 5) is 0. The summed E-state index contributed by atoms with van der Waals surface area (Å²) < 4.78 is 48.7. The maximum absolute atomic E-state index is 12.2. The van der Waals surface area contributed by atoms with Crippen LogP contribution in [0.4, 0.5) is 17.6 Å². The van der Waals surface area contributed by atoms with E-state index in [-0.39, 0.29) is 6.54 Å². The molecule has 0 saturated carbocycles. The first-order valence-electron chi connectivity index (χ1n) is 2.92. The molecule has 0 spiro atoms. The molecular formula is C5H7F4N. The first-order chi connectivity index (χ1) is 4.46. The van der Waals surface area contributed by atoms with Gasteiger partial charge < -0.3 is 5.32 Å². The molecule has 0 aromatic carbocycles. The van der Waals surface area contributed by atoms with Crippen LogP contribution in [-0.2, 0) is 0 Å². The molecule has 1 rings (SSSR count). The lowest BCUT2D eigenvalue weighted by Gasteiger charge is -2.31. The van der Waals surface area contributed by atoms with Gasteiger partial charge in [0, 0.05) is 13.0 Å². The van der Waals surface area contributed by atoms with Crippen LogP contribution in [0.2, 0.25) is 0 Å². The van der Waals surface area contributed by atoms with E-state index in [1.165, 1.54) is 0 Å². The van der Waals surface area contributed by atoms with E-state index in [4.69, 9.17) is 0 Å². The van der Waals surface area contributed by atoms with E-state index in [1.807, 2.05) is 0 Å². The van der Waals surface area contributed by atoms with Crippen LogP contribution in [0.5, 0.6) is 0 Å². The summed E-state index contributed by atoms with van der Waals surface area (Å²) in [7, 11) is 0. The number of alkyl halides is 4. The van der Waals surface area contributed by atoms with Crippen molar-refractivity contribution in [2.24, 2.45) is 0 Å². The fourth-order valence-electron chi connectivity index (χ4n) is 0.803. The fraction of sp³-hybridized carbons (Fsp3) is 1.00. The van der Waals surface area contributed by atoms with Crippen molar-refractivity contribution >= 4 is 0 Å². The van der Waals surface area contributed by atoms with E-state index in [2.05, 4.69) is 5.32 Å². The average Bonchev–Trinajstić information content (AvgIpc) is 1.77. The highest BCUT2D eigenvalue weighted by Crippen LogP contribution is 2.38. The second-order valence-corrected chi connectivity index (χ2v) is 2.34. The van der Waals surface area contributed by atoms with Gasteiger partial charge in [0.2, 0.25) is 0 Å². The molecule has 1 aliphatic rings. The zero-order chi connectivity index (χ0) is 7.83. The number of halogens is 4. The zero-order valence-electron chi connectivity index (χ0n) is 5.13. The Morgan fingerprint density at radius 2 is 1.60 bits per heavy atom. The largest absolute Gasteiger partial charge is 0.322 e. The van der Waals surface area contributed by atoms with Gasteiger partial charge in [0.1, 0.15) is 0 Å². The Morgan fingerprint density at radius 1 is 1.00 bits per heavy atom. The molecule has 0 amide bonds. The predicted molar refractivity (Wildman–Crippen MR) is 27.4 cm³/mol. The first-order valence-corrected chi connectivity index (χ1v) is 2.92. The lowest BCUT2D eigenvalue weighted by Crippen LogP contribution is -2.53. The third-order valence-corrected chi connectivity index (χ3v) is 1.50. The van der Waals surface area contributed by atoms with Gasteiger partial charge in [-0.1, -0.05) is 0 Å². The van der Waals surface area contributed by atoms with Gasteiger partial charge in [-0.2, -0.15) is 17.6 Å². The van der Waals surface area contributed by atoms with Gasteiger partial charge in [0.15, 0.2) is 0 Å². The van der Waals surface area contributed by atoms with Crippen LogP contribution in [0.1, 0.15) is 6.42 Å². The quantitative estimate of drug-likeness (QED) is 0.522. The third kappa shape index (κ3) is 1.10. The summed E-state index contributed by atoms with van der Waals surface area (Å²) in [6.45, 7) is -0.956. The Labute approximate surface area is 55.4 Å². The first kappa shape index (κ1) is 7.78. The molecule has 1 N–H and O–H groups in total. The average molecular weight is 157 g/mol. The minimum atomic E-state index is -3.87. The summed E-state index contributed by atoms with van der Waals surface area (Å²) in [6.07, 6.45) is -0.778. The molecule has 0 atom stereocenters. The summed E-state index contributed by atoms with van der Waals surface area (Å²) >= 11 is 0. The van der Waals surface area contributed by atoms with E-state index in [9.17, 15) is 17.6 Å². The van der Waals surface area contributed by atoms with Gasteiger partial charge >= 0.3 is 11.8 Å². The van der Waals surface area contributed by atoms with Crippen LogP contribution in [0, 0.1) is 0 Å². The maximum Gasteiger partial charge on any atom is 0.322 e. The van der Waals surface area contributed by atoms with Crippen molar-refractivity contribution in [3.8, 4) is 0 Å². The molecule has 1 nitrogen and oxygen atoms in total. The Morgan fingerprint density at radius 3 is 1.90 bits per heavy atom. The number of hydrogen-bond donors (Lipinski definition) is 1. The number of piperidine rings is 1. The third-order valence-electron chi connectivity index (χ3n) is 1.50. The van der Waals surface area contributed by atoms with E-state index in [0.29, 0.717) is 0 Å². The van der Waals surface area contributed by atoms with Crippen molar-refractivity contribution in [2.45, 2.75) is 18.3 Å². The molecule has 0 bridgehead atoms. The SMILES string of the molecule is FC1(F)CCNCC1(F)F. The lowest BCUT2D eigenvalue weighted by molar-refractivity contribution is -0.219. The van der Waals surface area contributed by atoms with E-state index in [1.54, 1.807) is 0 Å². The molecule has 1 aliphatic heterocycles. The Balaban J connectivity index is 2.70. The van der Waals surface area contributed by atoms with Crippen LogP contribution in [0.3, 0.4) is 0 Å². The highest BCUT2D eigenvalue weighted by atomic mass is 19.3. The van der Waals surface area contributed by atoms with Crippen LogP contribution < -0.4 is 5.32 Å². The molecule has 0 aromatic heterocycles. The Hall–Kier alpha value is -0.320. The summed E-state index contributed by atoms with van der Waals surface area (Å²) in [6, 6.07) is 0. The minimum Gasteiger partial charge on any atom is -0.311 e. The topological polar surface area (TPSA) is 12.0 Å². The highest BCUT2D eigenvalue weighted by molar-refractivity contribution is 4.90. The maximum atomic E-state index is 12.2. The van der Waals surface area contributed by atoms with Crippen LogP contribution in [0.15, 0.2) is 0 Å². The van der Waals surface area contributed by atoms with Crippen molar-refractivity contribution in [1.29, 1.82) is 0 Å². The number of hydrogen-bond acceptors (Lipinski definition) is 1. The zero-order valence-corrected chi connectivity index (χ0v) is 5.13. The van der Waals surface area contributed by atoms with Gasteiger partial charge in [-0.15, -0.1) is 0 Å². The fourth-order valence-corrected chi connectivity index (χ4v) is 0.803. The summed E-state index contributed by atoms with van der Waals surface area (Å²) in [5, 5.41) is 2.20. The standard InChI is InChI=1S/C5H7F4N/c6-4(7)1-2-10-3-5(4,8)9/h10H,1-3H2. The smallest absolute Gasteiger partial charge is 0.311 e. The molecule has 5 heteroatoms. The molecule has 1 fully saturated rings. The second kappa shape index (κ2) is 2.08. The molecular weight excluding hydrogens is 150 g/mol. The molecule has 0 aromatic rings. The molecule has 1 heterocycles. The van der Waals surface area contributed by atoms with Crippen LogP contribution in [-0.4, -0.2) is 24.9 Å². The molecule has 0 radical (unpaired) electrons. The molecule has 0 aliphatic carbocycles. The highest BCUT2D eigenvalue weighted by Gasteiger charge is 2.57. The summed E-state index contributed by atoms with van der Waals surface area (Å²) in [5.41, 5.74) is 0. The van der Waals surface area contributed by atoms with Gasteiger partial charge in [0.25, 0.3) is 0 Å². The molecule has 1 saturated heterocycles. The van der Waals surface area contributed by atoms with Crippen molar-refractivity contribution in [3.05, 3.63) is 0 Å². The van der Waals surface area contributed by atoms with E-state index in [0.717, 1.165) is 0 Å². The molecule has 10 heavy (non-hydrogen) atoms. The van der Waals surface area contributed by atoms with Crippen molar-refractivity contribution in [3.63, 3.8) is 0 Å². The van der Waals surface area contributed by atoms with E-state index < -0.39 is 24.8 Å². The number of rotatable bonds is 0. The van der Waals surface area contributed by atoms with Crippen LogP contribution in [0.25, 0.3) is 0 Å². The molecule has 0 unspecified atom stereocenters. The molecule has 60 valence electrons. The Kier molecular flexibility index (Phi) is 1.62. The van der Waals surface area contributed by atoms with Gasteiger partial charge in [-0.25, -0.2) is 0 Å². The van der Waals surface area contributed by atoms with Crippen molar-refractivity contribution in [2.75, 3.05) is 13.1 Å². The monoisotopic (exact) mass is 157 g/mol. The number of nitrogens with one attached hydrogen (secondary N) is 1. The van der Waals surface area contributed by atoms with Crippen molar-refractivity contribution < 1.29 is 17.6 Å². The van der Waals surface area contributed by atoms with Crippen molar-refractivity contribution in [1.82, 2.24) is 5.32 Å². The van der Waals surface area contributed by atoms with E-state index >= 15 is 0 Å². The second-order valence-electron chi connectivity index (χ2n) is 2.34. The van der Waals surface area contributed by atoms with Gasteiger partial charge in [0.05, 0.1) is 6.54 Å². The normalized spacial score (nSPS) is 30.0. The van der Waals surface area contributed by atoms with Gasteiger partial charge in [-0.3, -0.25) is 0 Å².